The number of aromatic nitrogens is 1. The first-order chi connectivity index (χ1) is 6.77. The molecular formula is C10H8N2OS. The molecule has 0 saturated carbocycles. The lowest BCUT2D eigenvalue weighted by Gasteiger charge is -2.04. The molecule has 0 amide bonds. The Kier molecular flexibility index (Phi) is 2.28. The first-order valence-corrected chi connectivity index (χ1v) is 4.49. The van der Waals surface area contributed by atoms with Crippen LogP contribution in [0.4, 0.5) is 0 Å². The molecular weight excluding hydrogens is 196 g/mol. The van der Waals surface area contributed by atoms with Crippen LogP contribution in [-0.4, -0.2) is 10.2 Å². The Hall–Kier alpha value is -1.68. The minimum Gasteiger partial charge on any atom is -0.412 e. The zero-order valence-corrected chi connectivity index (χ0v) is 8.12. The molecule has 0 aliphatic carbocycles. The van der Waals surface area contributed by atoms with Gasteiger partial charge in [-0.3, -0.25) is 0 Å². The van der Waals surface area contributed by atoms with E-state index in [1.165, 1.54) is 0 Å². The van der Waals surface area contributed by atoms with E-state index in [1.807, 2.05) is 30.3 Å². The Morgan fingerprint density at radius 2 is 2.07 bits per heavy atom. The zero-order chi connectivity index (χ0) is 9.97. The summed E-state index contributed by atoms with van der Waals surface area (Å²) in [6.07, 6.45) is 1.66. The SMILES string of the molecule is NC(=S)Oc1nccc2ccccc12. The third kappa shape index (κ3) is 1.65. The number of thiocarbonyl (C=S) groups is 1. The summed E-state index contributed by atoms with van der Waals surface area (Å²) in [5.41, 5.74) is 5.28. The Morgan fingerprint density at radius 3 is 2.86 bits per heavy atom. The number of hydrogen-bond donors (Lipinski definition) is 1. The van der Waals surface area contributed by atoms with E-state index in [-0.39, 0.29) is 5.17 Å². The molecule has 0 spiro atoms. The normalized spacial score (nSPS) is 10.0. The van der Waals surface area contributed by atoms with E-state index in [4.69, 9.17) is 10.5 Å². The van der Waals surface area contributed by atoms with Crippen LogP contribution in [0.2, 0.25) is 0 Å². The van der Waals surface area contributed by atoms with Gasteiger partial charge in [0.05, 0.1) is 0 Å². The number of hydrogen-bond acceptors (Lipinski definition) is 3. The molecule has 0 aliphatic heterocycles. The van der Waals surface area contributed by atoms with Crippen LogP contribution >= 0.6 is 12.2 Å². The van der Waals surface area contributed by atoms with Crippen molar-refractivity contribution in [1.29, 1.82) is 0 Å². The minimum atomic E-state index is -0.0196. The lowest BCUT2D eigenvalue weighted by molar-refractivity contribution is 0.541. The van der Waals surface area contributed by atoms with E-state index in [0.717, 1.165) is 10.8 Å². The summed E-state index contributed by atoms with van der Waals surface area (Å²) in [6, 6.07) is 9.66. The van der Waals surface area contributed by atoms with Crippen molar-refractivity contribution in [3.05, 3.63) is 36.5 Å². The largest absolute Gasteiger partial charge is 0.412 e. The monoisotopic (exact) mass is 204 g/mol. The number of nitrogens with zero attached hydrogens (tertiary/aromatic N) is 1. The quantitative estimate of drug-likeness (QED) is 0.720. The maximum absolute atomic E-state index is 5.28. The second-order valence-electron chi connectivity index (χ2n) is 2.76. The van der Waals surface area contributed by atoms with E-state index in [0.29, 0.717) is 5.88 Å². The molecule has 1 aromatic carbocycles. The van der Waals surface area contributed by atoms with Crippen molar-refractivity contribution < 1.29 is 4.74 Å². The minimum absolute atomic E-state index is 0.0196. The standard InChI is InChI=1S/C10H8N2OS/c11-10(14)13-9-8-4-2-1-3-7(8)5-6-12-9/h1-6H,(H2,11,14). The van der Waals surface area contributed by atoms with Gasteiger partial charge in [-0.25, -0.2) is 4.98 Å². The van der Waals surface area contributed by atoms with E-state index in [1.54, 1.807) is 6.20 Å². The summed E-state index contributed by atoms with van der Waals surface area (Å²) in [5, 5.41) is 1.94. The van der Waals surface area contributed by atoms with Crippen LogP contribution in [0.3, 0.4) is 0 Å². The fourth-order valence-corrected chi connectivity index (χ4v) is 1.35. The van der Waals surface area contributed by atoms with Gasteiger partial charge in [0, 0.05) is 11.6 Å². The molecule has 0 unspecified atom stereocenters. The van der Waals surface area contributed by atoms with Gasteiger partial charge >= 0.3 is 0 Å². The van der Waals surface area contributed by atoms with Gasteiger partial charge in [0.25, 0.3) is 5.17 Å². The third-order valence-corrected chi connectivity index (χ3v) is 1.92. The van der Waals surface area contributed by atoms with Crippen molar-refractivity contribution in [3.8, 4) is 5.88 Å². The average molecular weight is 204 g/mol. The molecule has 0 fully saturated rings. The van der Waals surface area contributed by atoms with Gasteiger partial charge in [-0.05, 0) is 29.7 Å². The Bertz CT molecular complexity index is 479. The number of pyridine rings is 1. The van der Waals surface area contributed by atoms with Gasteiger partial charge in [0.2, 0.25) is 5.88 Å². The predicted molar refractivity (Wildman–Crippen MR) is 59.2 cm³/mol. The molecule has 0 atom stereocenters. The summed E-state index contributed by atoms with van der Waals surface area (Å²) in [6.45, 7) is 0. The van der Waals surface area contributed by atoms with Crippen LogP contribution in [0.15, 0.2) is 36.5 Å². The van der Waals surface area contributed by atoms with Crippen LogP contribution in [0.1, 0.15) is 0 Å². The van der Waals surface area contributed by atoms with Crippen molar-refractivity contribution in [1.82, 2.24) is 4.98 Å². The average Bonchev–Trinajstić information content (AvgIpc) is 2.18. The summed E-state index contributed by atoms with van der Waals surface area (Å²) >= 11 is 4.66. The molecule has 70 valence electrons. The molecule has 2 rings (SSSR count). The maximum Gasteiger partial charge on any atom is 0.261 e. The lowest BCUT2D eigenvalue weighted by atomic mass is 10.2. The Morgan fingerprint density at radius 1 is 1.29 bits per heavy atom. The van der Waals surface area contributed by atoms with Crippen LogP contribution in [0.25, 0.3) is 10.8 Å². The highest BCUT2D eigenvalue weighted by molar-refractivity contribution is 7.80. The van der Waals surface area contributed by atoms with Crippen molar-refractivity contribution in [2.45, 2.75) is 0 Å². The Balaban J connectivity index is 2.59. The number of rotatable bonds is 1. The maximum atomic E-state index is 5.28. The second kappa shape index (κ2) is 3.59. The smallest absolute Gasteiger partial charge is 0.261 e. The number of ether oxygens (including phenoxy) is 1. The second-order valence-corrected chi connectivity index (χ2v) is 3.16. The van der Waals surface area contributed by atoms with E-state index >= 15 is 0 Å². The molecule has 4 heteroatoms. The number of nitrogens with two attached hydrogens (primary N) is 1. The molecule has 1 aromatic heterocycles. The Labute approximate surface area is 86.5 Å². The van der Waals surface area contributed by atoms with Gasteiger partial charge in [-0.2, -0.15) is 0 Å². The molecule has 0 aliphatic rings. The highest BCUT2D eigenvalue weighted by Gasteiger charge is 2.03. The van der Waals surface area contributed by atoms with E-state index in [9.17, 15) is 0 Å². The van der Waals surface area contributed by atoms with Gasteiger partial charge in [-0.15, -0.1) is 0 Å². The number of benzene rings is 1. The topological polar surface area (TPSA) is 48.1 Å². The first-order valence-electron chi connectivity index (χ1n) is 4.08. The van der Waals surface area contributed by atoms with Gasteiger partial charge in [0.1, 0.15) is 0 Å². The van der Waals surface area contributed by atoms with Crippen molar-refractivity contribution >= 4 is 28.2 Å². The van der Waals surface area contributed by atoms with Crippen LogP contribution in [-0.2, 0) is 0 Å². The van der Waals surface area contributed by atoms with Crippen LogP contribution in [0.5, 0.6) is 5.88 Å². The molecule has 3 nitrogen and oxygen atoms in total. The predicted octanol–water partition coefficient (Wildman–Crippen LogP) is 1.86. The molecule has 1 heterocycles. The van der Waals surface area contributed by atoms with E-state index in [2.05, 4.69) is 17.2 Å². The summed E-state index contributed by atoms with van der Waals surface area (Å²) in [4.78, 5) is 4.06. The molecule has 0 bridgehead atoms. The highest BCUT2D eigenvalue weighted by Crippen LogP contribution is 2.22. The summed E-state index contributed by atoms with van der Waals surface area (Å²) in [7, 11) is 0. The summed E-state index contributed by atoms with van der Waals surface area (Å²) < 4.78 is 5.13. The fourth-order valence-electron chi connectivity index (χ4n) is 1.27. The van der Waals surface area contributed by atoms with Crippen LogP contribution in [0, 0.1) is 0 Å². The zero-order valence-electron chi connectivity index (χ0n) is 7.31. The third-order valence-electron chi connectivity index (χ3n) is 1.83. The molecule has 14 heavy (non-hydrogen) atoms. The first kappa shape index (κ1) is 8.90. The van der Waals surface area contributed by atoms with Crippen molar-refractivity contribution in [3.63, 3.8) is 0 Å². The fraction of sp³-hybridized carbons (Fsp3) is 0. The number of fused-ring (bicyclic) bond motifs is 1. The van der Waals surface area contributed by atoms with Crippen molar-refractivity contribution in [2.24, 2.45) is 5.73 Å². The molecule has 2 aromatic rings. The lowest BCUT2D eigenvalue weighted by Crippen LogP contribution is -2.16. The van der Waals surface area contributed by atoms with E-state index < -0.39 is 0 Å². The van der Waals surface area contributed by atoms with Gasteiger partial charge in [-0.1, -0.05) is 18.2 Å². The molecule has 0 saturated heterocycles. The molecule has 0 radical (unpaired) electrons. The van der Waals surface area contributed by atoms with Gasteiger partial charge in [0.15, 0.2) is 0 Å². The summed E-state index contributed by atoms with van der Waals surface area (Å²) in [5.74, 6) is 0.454. The van der Waals surface area contributed by atoms with Gasteiger partial charge < -0.3 is 10.5 Å². The van der Waals surface area contributed by atoms with Crippen LogP contribution < -0.4 is 10.5 Å². The highest BCUT2D eigenvalue weighted by atomic mass is 32.1. The molecule has 2 N–H and O–H groups in total. The van der Waals surface area contributed by atoms with Crippen molar-refractivity contribution in [2.75, 3.05) is 0 Å².